The van der Waals surface area contributed by atoms with Crippen LogP contribution in [0.5, 0.6) is 0 Å². The van der Waals surface area contributed by atoms with Crippen LogP contribution < -0.4 is 5.73 Å². The first-order valence-corrected chi connectivity index (χ1v) is 8.74. The number of benzene rings is 1. The van der Waals surface area contributed by atoms with Gasteiger partial charge in [0.2, 0.25) is 0 Å². The maximum atomic E-state index is 12.4. The van der Waals surface area contributed by atoms with Gasteiger partial charge in [0.15, 0.2) is 0 Å². The highest BCUT2D eigenvalue weighted by Gasteiger charge is 2.26. The highest BCUT2D eigenvalue weighted by molar-refractivity contribution is 9.10. The van der Waals surface area contributed by atoms with Crippen LogP contribution in [0.4, 0.5) is 13.2 Å². The third-order valence-electron chi connectivity index (χ3n) is 3.81. The monoisotopic (exact) mass is 448 g/mol. The van der Waals surface area contributed by atoms with E-state index >= 15 is 0 Å². The van der Waals surface area contributed by atoms with Crippen molar-refractivity contribution in [3.05, 3.63) is 39.5 Å². The summed E-state index contributed by atoms with van der Waals surface area (Å²) in [5.74, 6) is -0.634. The zero-order chi connectivity index (χ0) is 19.1. The molecule has 0 radical (unpaired) electrons. The fourth-order valence-corrected chi connectivity index (χ4v) is 3.38. The number of alkyl halides is 3. The maximum absolute atomic E-state index is 12.4. The van der Waals surface area contributed by atoms with Crippen molar-refractivity contribution in [2.75, 3.05) is 0 Å². The van der Waals surface area contributed by atoms with Crippen LogP contribution in [0.25, 0.3) is 22.3 Å². The lowest BCUT2D eigenvalue weighted by Gasteiger charge is -2.08. The van der Waals surface area contributed by atoms with E-state index in [1.807, 2.05) is 0 Å². The number of carbonyl (C=O) groups is 1. The largest absolute Gasteiger partial charge is 0.389 e. The number of rotatable bonds is 5. The Morgan fingerprint density at radius 1 is 1.31 bits per heavy atom. The molecule has 0 atom stereocenters. The SMILES string of the molecule is NC(=O)c1cc(Cl)cc2cc(-c3cc(Br)nn3CCCC(F)(F)F)[nH]c12. The van der Waals surface area contributed by atoms with Crippen LogP contribution in [0.2, 0.25) is 5.02 Å². The maximum Gasteiger partial charge on any atom is 0.389 e. The van der Waals surface area contributed by atoms with Crippen LogP contribution in [0.3, 0.4) is 0 Å². The summed E-state index contributed by atoms with van der Waals surface area (Å²) >= 11 is 9.26. The van der Waals surface area contributed by atoms with E-state index in [2.05, 4.69) is 26.0 Å². The molecule has 1 amide bonds. The van der Waals surface area contributed by atoms with E-state index in [1.54, 1.807) is 18.2 Å². The molecule has 138 valence electrons. The number of fused-ring (bicyclic) bond motifs is 1. The van der Waals surface area contributed by atoms with Crippen molar-refractivity contribution in [3.63, 3.8) is 0 Å². The standard InChI is InChI=1S/C16H13BrClF3N4O/c17-13-7-12(25(24-13)3-1-2-16(19,20)21)11-5-8-4-9(18)6-10(15(22)26)14(8)23-11/h4-7,23H,1-3H2,(H2,22,26). The van der Waals surface area contributed by atoms with Crippen molar-refractivity contribution in [2.24, 2.45) is 5.73 Å². The van der Waals surface area contributed by atoms with Crippen molar-refractivity contribution in [1.29, 1.82) is 0 Å². The van der Waals surface area contributed by atoms with Gasteiger partial charge in [0.05, 0.1) is 22.5 Å². The zero-order valence-corrected chi connectivity index (χ0v) is 15.5. The topological polar surface area (TPSA) is 76.7 Å². The van der Waals surface area contributed by atoms with Crippen LogP contribution in [-0.4, -0.2) is 26.8 Å². The molecular weight excluding hydrogens is 437 g/mol. The minimum Gasteiger partial charge on any atom is -0.366 e. The summed E-state index contributed by atoms with van der Waals surface area (Å²) in [5, 5.41) is 5.21. The first-order chi connectivity index (χ1) is 12.1. The Morgan fingerprint density at radius 3 is 2.69 bits per heavy atom. The van der Waals surface area contributed by atoms with Crippen molar-refractivity contribution in [1.82, 2.24) is 14.8 Å². The summed E-state index contributed by atoms with van der Waals surface area (Å²) < 4.78 is 39.1. The van der Waals surface area contributed by atoms with E-state index in [0.29, 0.717) is 31.9 Å². The van der Waals surface area contributed by atoms with Gasteiger partial charge in [0.1, 0.15) is 4.60 Å². The fourth-order valence-electron chi connectivity index (χ4n) is 2.74. The first kappa shape index (κ1) is 18.8. The lowest BCUT2D eigenvalue weighted by molar-refractivity contribution is -0.136. The van der Waals surface area contributed by atoms with Gasteiger partial charge in [-0.05, 0) is 40.5 Å². The first-order valence-electron chi connectivity index (χ1n) is 7.56. The molecule has 0 aliphatic heterocycles. The Bertz CT molecular complexity index is 980. The van der Waals surface area contributed by atoms with E-state index in [-0.39, 0.29) is 18.5 Å². The second kappa shape index (κ2) is 6.96. The number of nitrogens with one attached hydrogen (secondary N) is 1. The number of hydrogen-bond acceptors (Lipinski definition) is 2. The van der Waals surface area contributed by atoms with Gasteiger partial charge in [-0.3, -0.25) is 9.48 Å². The molecule has 2 heterocycles. The smallest absolute Gasteiger partial charge is 0.366 e. The van der Waals surface area contributed by atoms with Crippen molar-refractivity contribution >= 4 is 44.3 Å². The van der Waals surface area contributed by atoms with Gasteiger partial charge in [0, 0.05) is 29.4 Å². The van der Waals surface area contributed by atoms with Gasteiger partial charge in [-0.15, -0.1) is 0 Å². The van der Waals surface area contributed by atoms with Crippen molar-refractivity contribution in [3.8, 4) is 11.4 Å². The van der Waals surface area contributed by atoms with Gasteiger partial charge in [0.25, 0.3) is 5.91 Å². The van der Waals surface area contributed by atoms with E-state index in [1.165, 1.54) is 10.7 Å². The number of nitrogens with zero attached hydrogens (tertiary/aromatic N) is 2. The van der Waals surface area contributed by atoms with E-state index < -0.39 is 18.5 Å². The second-order valence-electron chi connectivity index (χ2n) is 5.76. The molecule has 0 aliphatic rings. The van der Waals surface area contributed by atoms with E-state index in [9.17, 15) is 18.0 Å². The number of aromatic amines is 1. The van der Waals surface area contributed by atoms with Gasteiger partial charge in [-0.25, -0.2) is 0 Å². The van der Waals surface area contributed by atoms with Gasteiger partial charge in [-0.1, -0.05) is 11.6 Å². The van der Waals surface area contributed by atoms with E-state index in [4.69, 9.17) is 17.3 Å². The Balaban J connectivity index is 1.99. The number of amides is 1. The number of halogens is 5. The lowest BCUT2D eigenvalue weighted by Crippen LogP contribution is -2.11. The summed E-state index contributed by atoms with van der Waals surface area (Å²) in [6.45, 7) is 0.0965. The molecule has 0 spiro atoms. The molecule has 3 N–H and O–H groups in total. The van der Waals surface area contributed by atoms with Crippen LogP contribution in [-0.2, 0) is 6.54 Å². The zero-order valence-electron chi connectivity index (χ0n) is 13.2. The third-order valence-corrected chi connectivity index (χ3v) is 4.42. The molecule has 0 fully saturated rings. The van der Waals surface area contributed by atoms with Crippen LogP contribution in [0, 0.1) is 0 Å². The van der Waals surface area contributed by atoms with Crippen molar-refractivity contribution in [2.45, 2.75) is 25.6 Å². The number of aryl methyl sites for hydroxylation is 1. The Labute approximate surface area is 159 Å². The molecule has 5 nitrogen and oxygen atoms in total. The number of aromatic nitrogens is 3. The van der Waals surface area contributed by atoms with Gasteiger partial charge >= 0.3 is 6.18 Å². The van der Waals surface area contributed by atoms with E-state index in [0.717, 1.165) is 0 Å². The number of primary amides is 1. The molecule has 0 bridgehead atoms. The molecule has 3 rings (SSSR count). The molecular formula is C16H13BrClF3N4O. The summed E-state index contributed by atoms with van der Waals surface area (Å²) in [4.78, 5) is 14.7. The highest BCUT2D eigenvalue weighted by Crippen LogP contribution is 2.31. The normalized spacial score (nSPS) is 12.0. The Morgan fingerprint density at radius 2 is 2.04 bits per heavy atom. The highest BCUT2D eigenvalue weighted by atomic mass is 79.9. The molecule has 26 heavy (non-hydrogen) atoms. The summed E-state index contributed by atoms with van der Waals surface area (Å²) in [7, 11) is 0. The molecule has 2 aromatic heterocycles. The fraction of sp³-hybridized carbons (Fsp3) is 0.250. The van der Waals surface area contributed by atoms with Gasteiger partial charge < -0.3 is 10.7 Å². The van der Waals surface area contributed by atoms with Crippen molar-refractivity contribution < 1.29 is 18.0 Å². The molecule has 1 aromatic carbocycles. The molecule has 0 unspecified atom stereocenters. The third kappa shape index (κ3) is 4.04. The second-order valence-corrected chi connectivity index (χ2v) is 7.01. The number of H-pyrrole nitrogens is 1. The average molecular weight is 450 g/mol. The molecule has 0 saturated carbocycles. The molecule has 10 heteroatoms. The Kier molecular flexibility index (Phi) is 5.03. The van der Waals surface area contributed by atoms with Crippen LogP contribution in [0.1, 0.15) is 23.2 Å². The lowest BCUT2D eigenvalue weighted by atomic mass is 10.1. The number of carbonyl (C=O) groups excluding carboxylic acids is 1. The number of hydrogen-bond donors (Lipinski definition) is 2. The predicted molar refractivity (Wildman–Crippen MR) is 96.0 cm³/mol. The molecule has 0 saturated heterocycles. The summed E-state index contributed by atoms with van der Waals surface area (Å²) in [5.41, 5.74) is 7.31. The molecule has 0 aliphatic carbocycles. The Hall–Kier alpha value is -2.00. The summed E-state index contributed by atoms with van der Waals surface area (Å²) in [6.07, 6.45) is -5.19. The average Bonchev–Trinajstić information content (AvgIpc) is 3.08. The predicted octanol–water partition coefficient (Wildman–Crippen LogP) is 4.89. The summed E-state index contributed by atoms with van der Waals surface area (Å²) in [6, 6.07) is 6.56. The quantitative estimate of drug-likeness (QED) is 0.582. The van der Waals surface area contributed by atoms with Gasteiger partial charge in [-0.2, -0.15) is 18.3 Å². The molecule has 3 aromatic rings. The van der Waals surface area contributed by atoms with Crippen LogP contribution >= 0.6 is 27.5 Å². The number of nitrogens with two attached hydrogens (primary N) is 1. The van der Waals surface area contributed by atoms with Crippen LogP contribution in [0.15, 0.2) is 28.9 Å². The minimum absolute atomic E-state index is 0.0940. The minimum atomic E-state index is -4.21.